The van der Waals surface area contributed by atoms with E-state index in [1.54, 1.807) is 0 Å². The third-order valence-electron chi connectivity index (χ3n) is 5.23. The van der Waals surface area contributed by atoms with Crippen molar-refractivity contribution in [3.8, 4) is 22.3 Å². The van der Waals surface area contributed by atoms with Crippen LogP contribution in [0, 0.1) is 12.1 Å². The molecule has 2 aliphatic carbocycles. The molecule has 2 radical (unpaired) electrons. The van der Waals surface area contributed by atoms with Crippen molar-refractivity contribution in [2.75, 3.05) is 0 Å². The summed E-state index contributed by atoms with van der Waals surface area (Å²) in [5.74, 6) is 0. The van der Waals surface area contributed by atoms with Crippen LogP contribution >= 0.6 is 0 Å². The maximum Gasteiger partial charge on any atom is -0.0253 e. The van der Waals surface area contributed by atoms with Crippen LogP contribution in [0.2, 0.25) is 0 Å². The van der Waals surface area contributed by atoms with Gasteiger partial charge < -0.3 is 0 Å². The van der Waals surface area contributed by atoms with Gasteiger partial charge in [0, 0.05) is 0 Å². The van der Waals surface area contributed by atoms with Crippen LogP contribution in [0.15, 0.2) is 84.9 Å². The van der Waals surface area contributed by atoms with Crippen molar-refractivity contribution in [1.82, 2.24) is 0 Å². The molecular weight excluding hydrogens is 432 g/mol. The predicted molar refractivity (Wildman–Crippen MR) is 113 cm³/mol. The molecule has 0 amide bonds. The number of hydrogen-bond acceptors (Lipinski definition) is 0. The molecule has 130 valence electrons. The minimum atomic E-state index is 1.05. The molecule has 0 spiro atoms. The third-order valence-corrected chi connectivity index (χ3v) is 5.23. The summed E-state index contributed by atoms with van der Waals surface area (Å²) in [6, 6.07) is 36.2. The molecule has 4 aromatic carbocycles. The Morgan fingerprint density at radius 3 is 1.39 bits per heavy atom. The maximum absolute atomic E-state index is 3.30. The molecule has 0 bridgehead atoms. The van der Waals surface area contributed by atoms with Gasteiger partial charge in [-0.25, -0.2) is 0 Å². The number of rotatable bonds is 0. The summed E-state index contributed by atoms with van der Waals surface area (Å²) in [6.07, 6.45) is 2.10. The average Bonchev–Trinajstić information content (AvgIpc) is 3.34. The van der Waals surface area contributed by atoms with Crippen LogP contribution in [0.1, 0.15) is 22.3 Å². The zero-order valence-corrected chi connectivity index (χ0v) is 19.0. The van der Waals surface area contributed by atoms with Gasteiger partial charge in [-0.1, -0.05) is 70.8 Å². The predicted octanol–water partition coefficient (Wildman–Crippen LogP) is 5.73. The van der Waals surface area contributed by atoms with Gasteiger partial charge in [0.2, 0.25) is 0 Å². The molecule has 0 atom stereocenters. The van der Waals surface area contributed by atoms with Gasteiger partial charge in [0.05, 0.1) is 0 Å². The van der Waals surface area contributed by atoms with Gasteiger partial charge in [0.25, 0.3) is 0 Å². The first-order chi connectivity index (χ1) is 13.9. The van der Waals surface area contributed by atoms with Gasteiger partial charge in [-0.15, -0.1) is 11.1 Å². The van der Waals surface area contributed by atoms with Crippen molar-refractivity contribution < 1.29 is 23.3 Å². The summed E-state index contributed by atoms with van der Waals surface area (Å²) in [5.41, 5.74) is 11.0. The Labute approximate surface area is 183 Å². The van der Waals surface area contributed by atoms with Crippen LogP contribution in [0.25, 0.3) is 22.3 Å². The second-order valence-corrected chi connectivity index (χ2v) is 6.79. The van der Waals surface area contributed by atoms with Gasteiger partial charge in [0.1, 0.15) is 0 Å². The molecule has 0 saturated carbocycles. The minimum Gasteiger partial charge on any atom is -0.179 e. The molecule has 0 unspecified atom stereocenters. The van der Waals surface area contributed by atoms with Crippen molar-refractivity contribution in [2.45, 2.75) is 12.8 Å². The van der Waals surface area contributed by atoms with Crippen molar-refractivity contribution in [3.63, 3.8) is 0 Å². The monoisotopic (exact) mass is 448 g/mol. The first kappa shape index (κ1) is 19.3. The fourth-order valence-corrected chi connectivity index (χ4v) is 4.00. The topological polar surface area (TPSA) is 0 Å². The quantitative estimate of drug-likeness (QED) is 0.205. The van der Waals surface area contributed by atoms with E-state index < -0.39 is 0 Å². The third kappa shape index (κ3) is 3.77. The van der Waals surface area contributed by atoms with E-state index >= 15 is 0 Å². The van der Waals surface area contributed by atoms with E-state index in [1.807, 2.05) is 12.1 Å². The van der Waals surface area contributed by atoms with E-state index in [0.717, 1.165) is 12.8 Å². The fourth-order valence-electron chi connectivity index (χ4n) is 4.00. The van der Waals surface area contributed by atoms with Gasteiger partial charge in [-0.05, 0) is 12.8 Å². The zero-order valence-electron chi connectivity index (χ0n) is 15.5. The zero-order chi connectivity index (χ0) is 19.3. The van der Waals surface area contributed by atoms with Gasteiger partial charge in [-0.2, -0.15) is 59.7 Å². The van der Waals surface area contributed by atoms with E-state index in [-0.39, 0.29) is 0 Å². The second kappa shape index (κ2) is 8.99. The fraction of sp³-hybridized carbons (Fsp3) is 0.0769. The summed E-state index contributed by atoms with van der Waals surface area (Å²) in [6.45, 7) is 3.06. The Morgan fingerprint density at radius 2 is 0.929 bits per heavy atom. The molecular formula is C26H18SiZr. The van der Waals surface area contributed by atoms with Gasteiger partial charge in [0.15, 0.2) is 0 Å². The molecule has 2 aliphatic rings. The Morgan fingerprint density at radius 1 is 0.536 bits per heavy atom. The summed E-state index contributed by atoms with van der Waals surface area (Å²) >= 11 is 1.36. The van der Waals surface area contributed by atoms with Crippen molar-refractivity contribution in [1.29, 1.82) is 0 Å². The van der Waals surface area contributed by atoms with Crippen molar-refractivity contribution >= 4 is 6.88 Å². The van der Waals surface area contributed by atoms with Crippen molar-refractivity contribution in [2.24, 2.45) is 0 Å². The van der Waals surface area contributed by atoms with Gasteiger partial charge in [-0.3, -0.25) is 0 Å². The molecule has 0 nitrogen and oxygen atoms in total. The van der Waals surface area contributed by atoms with E-state index in [0.29, 0.717) is 0 Å². The van der Waals surface area contributed by atoms with Crippen LogP contribution < -0.4 is 0 Å². The Bertz CT molecular complexity index is 940. The van der Waals surface area contributed by atoms with E-state index in [2.05, 4.69) is 91.8 Å². The molecule has 6 rings (SSSR count). The molecule has 0 N–H and O–H groups in total. The van der Waals surface area contributed by atoms with Gasteiger partial charge >= 0.3 is 30.2 Å². The number of benzene rings is 4. The summed E-state index contributed by atoms with van der Waals surface area (Å²) in [7, 11) is 0. The molecule has 2 heteroatoms. The van der Waals surface area contributed by atoms with Crippen LogP contribution in [0.3, 0.4) is 0 Å². The summed E-state index contributed by atoms with van der Waals surface area (Å²) in [4.78, 5) is 0. The SMILES string of the molecule is [Si]=[Zr+2].[c-]1cccc2c1Cc1ccccc1-2.[c-]1cccc2c1Cc1ccccc1-2. The van der Waals surface area contributed by atoms with E-state index in [9.17, 15) is 0 Å². The Balaban J connectivity index is 0.000000126. The van der Waals surface area contributed by atoms with Crippen molar-refractivity contribution in [3.05, 3.63) is 119 Å². The largest absolute Gasteiger partial charge is 0.179 e. The standard InChI is InChI=1S/2C13H9.Si.Zr/c2*1-3-7-12-10(5-1)9-11-6-2-4-8-13(11)12;;/h2*1-5,7-8H,9H2;;/q2*-1;;+2. The average molecular weight is 450 g/mol. The first-order valence-electron chi connectivity index (χ1n) is 9.31. The number of fused-ring (bicyclic) bond motifs is 6. The molecule has 0 aromatic heterocycles. The maximum atomic E-state index is 3.30. The van der Waals surface area contributed by atoms with Crippen LogP contribution in [0.5, 0.6) is 0 Å². The Kier molecular flexibility index (Phi) is 6.20. The minimum absolute atomic E-state index is 1.05. The molecule has 0 fully saturated rings. The van der Waals surface area contributed by atoms with E-state index in [1.165, 1.54) is 67.8 Å². The molecule has 0 heterocycles. The molecule has 0 saturated heterocycles. The van der Waals surface area contributed by atoms with E-state index in [4.69, 9.17) is 0 Å². The van der Waals surface area contributed by atoms with Crippen LogP contribution in [-0.2, 0) is 36.2 Å². The van der Waals surface area contributed by atoms with Crippen LogP contribution in [0.4, 0.5) is 0 Å². The molecule has 28 heavy (non-hydrogen) atoms. The second-order valence-electron chi connectivity index (χ2n) is 6.79. The Hall–Kier alpha value is -2.02. The smallest absolute Gasteiger partial charge is 0.0253 e. The molecule has 0 aliphatic heterocycles. The van der Waals surface area contributed by atoms with Crippen LogP contribution in [-0.4, -0.2) is 6.88 Å². The normalized spacial score (nSPS) is 11.6. The molecule has 4 aromatic rings. The first-order valence-corrected chi connectivity index (χ1v) is 13.5. The summed E-state index contributed by atoms with van der Waals surface area (Å²) < 4.78 is 0. The summed E-state index contributed by atoms with van der Waals surface area (Å²) in [5, 5.41) is 0. The number of hydrogen-bond donors (Lipinski definition) is 0.